The van der Waals surface area contributed by atoms with Crippen LogP contribution in [0.2, 0.25) is 0 Å². The number of benzene rings is 1. The molecule has 0 spiro atoms. The monoisotopic (exact) mass is 203 g/mol. The van der Waals surface area contributed by atoms with E-state index >= 15 is 0 Å². The zero-order valence-corrected chi connectivity index (χ0v) is 8.07. The fourth-order valence-electron chi connectivity index (χ4n) is 1.84. The van der Waals surface area contributed by atoms with Crippen LogP contribution in [0, 0.1) is 6.92 Å². The summed E-state index contributed by atoms with van der Waals surface area (Å²) in [4.78, 5) is 0. The SMILES string of the molecule is Cc1cc2c(O)c3ccoc3c(N)c2o1. The Balaban J connectivity index is 2.67. The predicted molar refractivity (Wildman–Crippen MR) is 56.8 cm³/mol. The number of hydrogen-bond acceptors (Lipinski definition) is 4. The summed E-state index contributed by atoms with van der Waals surface area (Å²) in [6, 6.07) is 3.44. The molecule has 0 saturated heterocycles. The molecule has 0 saturated carbocycles. The summed E-state index contributed by atoms with van der Waals surface area (Å²) in [6.07, 6.45) is 1.49. The number of aryl methyl sites for hydroxylation is 1. The van der Waals surface area contributed by atoms with Gasteiger partial charge in [-0.2, -0.15) is 0 Å². The Morgan fingerprint density at radius 2 is 2.07 bits per heavy atom. The van der Waals surface area contributed by atoms with Gasteiger partial charge < -0.3 is 19.7 Å². The van der Waals surface area contributed by atoms with Crippen LogP contribution in [0.3, 0.4) is 0 Å². The highest BCUT2D eigenvalue weighted by Gasteiger charge is 2.16. The van der Waals surface area contributed by atoms with Crippen LogP contribution in [0.25, 0.3) is 21.9 Å². The Morgan fingerprint density at radius 1 is 1.27 bits per heavy atom. The molecule has 0 fully saturated rings. The molecule has 2 heterocycles. The fourth-order valence-corrected chi connectivity index (χ4v) is 1.84. The minimum absolute atomic E-state index is 0.153. The van der Waals surface area contributed by atoms with E-state index in [2.05, 4.69) is 0 Å². The average Bonchev–Trinajstić information content (AvgIpc) is 2.79. The normalized spacial score (nSPS) is 11.5. The van der Waals surface area contributed by atoms with Crippen molar-refractivity contribution in [1.82, 2.24) is 0 Å². The molecule has 0 aliphatic heterocycles. The van der Waals surface area contributed by atoms with E-state index in [0.717, 1.165) is 0 Å². The molecule has 4 heteroatoms. The van der Waals surface area contributed by atoms with Gasteiger partial charge in [-0.15, -0.1) is 0 Å². The number of phenolic OH excluding ortho intramolecular Hbond substituents is 1. The van der Waals surface area contributed by atoms with E-state index in [1.54, 1.807) is 19.1 Å². The highest BCUT2D eigenvalue weighted by atomic mass is 16.3. The second-order valence-electron chi connectivity index (χ2n) is 3.53. The minimum Gasteiger partial charge on any atom is -0.506 e. The molecule has 15 heavy (non-hydrogen) atoms. The van der Waals surface area contributed by atoms with Gasteiger partial charge in [0.15, 0.2) is 11.2 Å². The molecule has 3 aromatic rings. The molecule has 3 N–H and O–H groups in total. The van der Waals surface area contributed by atoms with E-state index in [-0.39, 0.29) is 5.75 Å². The lowest BCUT2D eigenvalue weighted by Crippen LogP contribution is -1.86. The third-order valence-corrected chi connectivity index (χ3v) is 2.52. The first-order valence-electron chi connectivity index (χ1n) is 4.56. The summed E-state index contributed by atoms with van der Waals surface area (Å²) in [7, 11) is 0. The maximum absolute atomic E-state index is 9.96. The number of rotatable bonds is 0. The number of nitrogens with two attached hydrogens (primary N) is 1. The van der Waals surface area contributed by atoms with Crippen LogP contribution in [0.1, 0.15) is 5.76 Å². The van der Waals surface area contributed by atoms with Crippen LogP contribution < -0.4 is 5.73 Å². The van der Waals surface area contributed by atoms with Gasteiger partial charge in [-0.3, -0.25) is 0 Å². The van der Waals surface area contributed by atoms with Gasteiger partial charge in [0.25, 0.3) is 0 Å². The Hall–Kier alpha value is -2.10. The van der Waals surface area contributed by atoms with Gasteiger partial charge in [-0.1, -0.05) is 0 Å². The topological polar surface area (TPSA) is 72.5 Å². The van der Waals surface area contributed by atoms with Crippen molar-refractivity contribution in [2.24, 2.45) is 0 Å². The summed E-state index contributed by atoms with van der Waals surface area (Å²) >= 11 is 0. The van der Waals surface area contributed by atoms with Crippen LogP contribution in [0.4, 0.5) is 5.69 Å². The number of furan rings is 2. The van der Waals surface area contributed by atoms with Crippen molar-refractivity contribution >= 4 is 27.6 Å². The van der Waals surface area contributed by atoms with Crippen molar-refractivity contribution in [2.45, 2.75) is 6.92 Å². The summed E-state index contributed by atoms with van der Waals surface area (Å²) < 4.78 is 10.6. The van der Waals surface area contributed by atoms with E-state index in [1.807, 2.05) is 0 Å². The van der Waals surface area contributed by atoms with Gasteiger partial charge in [0.1, 0.15) is 17.2 Å². The highest BCUT2D eigenvalue weighted by molar-refractivity contribution is 6.10. The van der Waals surface area contributed by atoms with E-state index in [1.165, 1.54) is 6.26 Å². The number of phenols is 1. The molecule has 2 aromatic heterocycles. The number of nitrogen functional groups attached to an aromatic ring is 1. The second-order valence-corrected chi connectivity index (χ2v) is 3.53. The molecule has 0 aliphatic rings. The maximum Gasteiger partial charge on any atom is 0.164 e. The Kier molecular flexibility index (Phi) is 1.36. The molecule has 3 rings (SSSR count). The standard InChI is InChI=1S/C11H9NO3/c1-5-4-7-9(13)6-2-3-14-10(6)8(12)11(7)15-5/h2-4,13H,12H2,1H3. The molecular formula is C11H9NO3. The third-order valence-electron chi connectivity index (χ3n) is 2.52. The number of anilines is 1. The molecule has 0 unspecified atom stereocenters. The van der Waals surface area contributed by atoms with Crippen LogP contribution in [0.15, 0.2) is 27.2 Å². The Bertz CT molecular complexity index is 609. The zero-order chi connectivity index (χ0) is 10.6. The smallest absolute Gasteiger partial charge is 0.164 e. The summed E-state index contributed by atoms with van der Waals surface area (Å²) in [5.74, 6) is 0.861. The van der Waals surface area contributed by atoms with E-state index < -0.39 is 0 Å². The molecule has 0 aliphatic carbocycles. The van der Waals surface area contributed by atoms with Crippen LogP contribution in [-0.4, -0.2) is 5.11 Å². The van der Waals surface area contributed by atoms with Gasteiger partial charge in [0.05, 0.1) is 17.0 Å². The lowest BCUT2D eigenvalue weighted by atomic mass is 10.1. The van der Waals surface area contributed by atoms with Gasteiger partial charge in [0, 0.05) is 0 Å². The highest BCUT2D eigenvalue weighted by Crippen LogP contribution is 2.40. The molecular weight excluding hydrogens is 194 g/mol. The van der Waals surface area contributed by atoms with E-state index in [0.29, 0.717) is 33.4 Å². The van der Waals surface area contributed by atoms with Crippen LogP contribution in [-0.2, 0) is 0 Å². The molecule has 0 radical (unpaired) electrons. The van der Waals surface area contributed by atoms with Crippen molar-refractivity contribution in [3.8, 4) is 5.75 Å². The van der Waals surface area contributed by atoms with E-state index in [9.17, 15) is 5.11 Å². The first-order valence-corrected chi connectivity index (χ1v) is 4.56. The molecule has 1 aromatic carbocycles. The number of aromatic hydroxyl groups is 1. The van der Waals surface area contributed by atoms with Crippen molar-refractivity contribution in [2.75, 3.05) is 5.73 Å². The molecule has 76 valence electrons. The first-order chi connectivity index (χ1) is 7.18. The largest absolute Gasteiger partial charge is 0.506 e. The van der Waals surface area contributed by atoms with Gasteiger partial charge in [0.2, 0.25) is 0 Å². The number of fused-ring (bicyclic) bond motifs is 2. The molecule has 0 atom stereocenters. The second kappa shape index (κ2) is 2.48. The first kappa shape index (κ1) is 8.23. The molecule has 0 amide bonds. The van der Waals surface area contributed by atoms with Crippen LogP contribution >= 0.6 is 0 Å². The predicted octanol–water partition coefficient (Wildman–Crippen LogP) is 2.78. The van der Waals surface area contributed by atoms with Crippen molar-refractivity contribution < 1.29 is 13.9 Å². The zero-order valence-electron chi connectivity index (χ0n) is 8.07. The molecule has 4 nitrogen and oxygen atoms in total. The summed E-state index contributed by atoms with van der Waals surface area (Å²) in [5.41, 5.74) is 7.26. The van der Waals surface area contributed by atoms with Crippen LogP contribution in [0.5, 0.6) is 5.75 Å². The Labute approximate surface area is 84.9 Å². The lowest BCUT2D eigenvalue weighted by Gasteiger charge is -1.99. The number of hydrogen-bond donors (Lipinski definition) is 2. The van der Waals surface area contributed by atoms with Gasteiger partial charge in [-0.05, 0) is 19.1 Å². The van der Waals surface area contributed by atoms with Crippen molar-refractivity contribution in [1.29, 1.82) is 0 Å². The lowest BCUT2D eigenvalue weighted by molar-refractivity contribution is 0.487. The molecule has 0 bridgehead atoms. The third kappa shape index (κ3) is 0.905. The fraction of sp³-hybridized carbons (Fsp3) is 0.0909. The quantitative estimate of drug-likeness (QED) is 0.435. The maximum atomic E-state index is 9.96. The van der Waals surface area contributed by atoms with Gasteiger partial charge >= 0.3 is 0 Å². The average molecular weight is 203 g/mol. The van der Waals surface area contributed by atoms with Crippen molar-refractivity contribution in [3.05, 3.63) is 24.2 Å². The van der Waals surface area contributed by atoms with E-state index in [4.69, 9.17) is 14.6 Å². The van der Waals surface area contributed by atoms with Crippen molar-refractivity contribution in [3.63, 3.8) is 0 Å². The Morgan fingerprint density at radius 3 is 2.87 bits per heavy atom. The summed E-state index contributed by atoms with van der Waals surface area (Å²) in [6.45, 7) is 1.81. The minimum atomic E-state index is 0.153. The summed E-state index contributed by atoms with van der Waals surface area (Å²) in [5, 5.41) is 11.2. The van der Waals surface area contributed by atoms with Gasteiger partial charge in [-0.25, -0.2) is 0 Å².